The van der Waals surface area contributed by atoms with Gasteiger partial charge in [0.15, 0.2) is 6.54 Å². The first-order chi connectivity index (χ1) is 11.0. The first-order valence-electron chi connectivity index (χ1n) is 6.64. The zero-order valence-electron chi connectivity index (χ0n) is 12.4. The quantitative estimate of drug-likeness (QED) is 0.396. The van der Waals surface area contributed by atoms with Crippen molar-refractivity contribution in [2.75, 3.05) is 7.05 Å². The second-order valence-corrected chi connectivity index (χ2v) is 4.42. The molecular formula is C13H14N6O4. The van der Waals surface area contributed by atoms with E-state index in [0.29, 0.717) is 10.6 Å². The van der Waals surface area contributed by atoms with Gasteiger partial charge in [-0.05, 0) is 11.3 Å². The van der Waals surface area contributed by atoms with E-state index in [9.17, 15) is 14.4 Å². The van der Waals surface area contributed by atoms with Gasteiger partial charge in [0.2, 0.25) is 5.82 Å². The fourth-order valence-electron chi connectivity index (χ4n) is 1.72. The van der Waals surface area contributed by atoms with Crippen LogP contribution in [-0.2, 0) is 25.8 Å². The molecule has 0 spiro atoms. The van der Waals surface area contributed by atoms with Crippen LogP contribution in [0.1, 0.15) is 18.7 Å². The van der Waals surface area contributed by atoms with E-state index in [0.717, 1.165) is 4.80 Å². The molecule has 23 heavy (non-hydrogen) atoms. The van der Waals surface area contributed by atoms with E-state index in [2.05, 4.69) is 27.0 Å². The highest BCUT2D eigenvalue weighted by atomic mass is 16.7. The Hall–Kier alpha value is -3.17. The summed E-state index contributed by atoms with van der Waals surface area (Å²) in [7, 11) is 1.61. The number of carbonyl (C=O) groups is 3. The van der Waals surface area contributed by atoms with Gasteiger partial charge < -0.3 is 4.84 Å². The molecule has 1 saturated heterocycles. The summed E-state index contributed by atoms with van der Waals surface area (Å²) in [5.74, 6) is -1.70. The number of nitrogens with zero attached hydrogens (tertiary/aromatic N) is 6. The summed E-state index contributed by atoms with van der Waals surface area (Å²) in [5.41, 5.74) is 0.570. The lowest BCUT2D eigenvalue weighted by atomic mass is 10.2. The molecule has 10 nitrogen and oxygen atoms in total. The SMILES string of the molecule is C=C/C(=C\C=NC)c1nnn(CC(=O)ON2C(=O)CCC2=O)n1. The number of imide groups is 1. The fourth-order valence-corrected chi connectivity index (χ4v) is 1.72. The predicted molar refractivity (Wildman–Crippen MR) is 77.6 cm³/mol. The van der Waals surface area contributed by atoms with Crippen LogP contribution in [0.2, 0.25) is 0 Å². The number of aromatic nitrogens is 4. The molecule has 120 valence electrons. The van der Waals surface area contributed by atoms with Crippen LogP contribution in [0.15, 0.2) is 23.7 Å². The summed E-state index contributed by atoms with van der Waals surface area (Å²) >= 11 is 0. The summed E-state index contributed by atoms with van der Waals surface area (Å²) in [4.78, 5) is 43.9. The molecule has 0 aromatic carbocycles. The number of tetrazole rings is 1. The molecule has 0 saturated carbocycles. The predicted octanol–water partition coefficient (Wildman–Crippen LogP) is -0.450. The van der Waals surface area contributed by atoms with Crippen molar-refractivity contribution >= 4 is 29.6 Å². The number of hydrogen-bond acceptors (Lipinski definition) is 8. The van der Waals surface area contributed by atoms with Crippen LogP contribution in [0.3, 0.4) is 0 Å². The Labute approximate surface area is 131 Å². The Kier molecular flexibility index (Phi) is 5.07. The molecule has 1 aliphatic rings. The lowest BCUT2D eigenvalue weighted by molar-refractivity contribution is -0.198. The van der Waals surface area contributed by atoms with E-state index < -0.39 is 24.3 Å². The monoisotopic (exact) mass is 318 g/mol. The van der Waals surface area contributed by atoms with Crippen LogP contribution >= 0.6 is 0 Å². The standard InChI is InChI=1S/C13H14N6O4/c1-3-9(6-7-14-2)13-15-17-18(16-13)8-12(22)23-19-10(20)4-5-11(19)21/h3,6-7H,1,4-5,8H2,2H3/b9-6+,14-7?. The fraction of sp³-hybridized carbons (Fsp3) is 0.308. The van der Waals surface area contributed by atoms with E-state index in [-0.39, 0.29) is 18.7 Å². The van der Waals surface area contributed by atoms with E-state index in [1.54, 1.807) is 13.1 Å². The maximum Gasteiger partial charge on any atom is 0.356 e. The lowest BCUT2D eigenvalue weighted by Crippen LogP contribution is -2.33. The van der Waals surface area contributed by atoms with Gasteiger partial charge in [0, 0.05) is 31.7 Å². The molecule has 0 atom stereocenters. The van der Waals surface area contributed by atoms with Gasteiger partial charge in [-0.25, -0.2) is 4.79 Å². The number of allylic oxidation sites excluding steroid dienone is 3. The number of rotatable bonds is 6. The van der Waals surface area contributed by atoms with Crippen LogP contribution in [-0.4, -0.2) is 56.3 Å². The second-order valence-electron chi connectivity index (χ2n) is 4.42. The summed E-state index contributed by atoms with van der Waals surface area (Å²) in [5, 5.41) is 11.9. The zero-order valence-corrected chi connectivity index (χ0v) is 12.4. The van der Waals surface area contributed by atoms with Crippen LogP contribution < -0.4 is 0 Å². The van der Waals surface area contributed by atoms with Crippen molar-refractivity contribution < 1.29 is 19.2 Å². The van der Waals surface area contributed by atoms with Crippen molar-refractivity contribution in [1.82, 2.24) is 25.3 Å². The Bertz CT molecular complexity index is 689. The van der Waals surface area contributed by atoms with Crippen molar-refractivity contribution in [3.63, 3.8) is 0 Å². The van der Waals surface area contributed by atoms with Gasteiger partial charge >= 0.3 is 5.97 Å². The van der Waals surface area contributed by atoms with Crippen molar-refractivity contribution in [1.29, 1.82) is 0 Å². The molecule has 0 N–H and O–H groups in total. The van der Waals surface area contributed by atoms with Gasteiger partial charge in [-0.1, -0.05) is 12.7 Å². The minimum Gasteiger partial charge on any atom is -0.328 e. The van der Waals surface area contributed by atoms with E-state index in [4.69, 9.17) is 4.84 Å². The molecule has 2 rings (SSSR count). The van der Waals surface area contributed by atoms with Crippen LogP contribution in [0.5, 0.6) is 0 Å². The molecule has 10 heteroatoms. The number of hydrogen-bond donors (Lipinski definition) is 0. The van der Waals surface area contributed by atoms with Crippen molar-refractivity contribution in [3.05, 3.63) is 24.6 Å². The first-order valence-corrected chi connectivity index (χ1v) is 6.64. The van der Waals surface area contributed by atoms with Gasteiger partial charge in [-0.15, -0.1) is 15.3 Å². The summed E-state index contributed by atoms with van der Waals surface area (Å²) < 4.78 is 0. The molecule has 1 aromatic rings. The Morgan fingerprint density at radius 3 is 2.70 bits per heavy atom. The summed E-state index contributed by atoms with van der Waals surface area (Å²) in [6, 6.07) is 0. The van der Waals surface area contributed by atoms with Crippen molar-refractivity contribution in [2.45, 2.75) is 19.4 Å². The highest BCUT2D eigenvalue weighted by Gasteiger charge is 2.33. The Morgan fingerprint density at radius 1 is 1.39 bits per heavy atom. The highest BCUT2D eigenvalue weighted by molar-refractivity contribution is 6.01. The Balaban J connectivity index is 2.01. The molecule has 1 aromatic heterocycles. The molecule has 2 heterocycles. The molecule has 2 amide bonds. The molecule has 0 bridgehead atoms. The van der Waals surface area contributed by atoms with Crippen LogP contribution in [0, 0.1) is 0 Å². The van der Waals surface area contributed by atoms with E-state index in [1.165, 1.54) is 12.3 Å². The van der Waals surface area contributed by atoms with Crippen LogP contribution in [0.25, 0.3) is 5.57 Å². The number of amides is 2. The molecular weight excluding hydrogens is 304 g/mol. The lowest BCUT2D eigenvalue weighted by Gasteiger charge is -2.11. The maximum absolute atomic E-state index is 11.7. The third kappa shape index (κ3) is 3.93. The van der Waals surface area contributed by atoms with E-state index >= 15 is 0 Å². The first kappa shape index (κ1) is 16.2. The third-order valence-electron chi connectivity index (χ3n) is 2.80. The molecule has 1 fully saturated rings. The third-order valence-corrected chi connectivity index (χ3v) is 2.80. The number of aliphatic imine (C=N–C) groups is 1. The summed E-state index contributed by atoms with van der Waals surface area (Å²) in [6.45, 7) is 3.23. The topological polar surface area (TPSA) is 120 Å². The highest BCUT2D eigenvalue weighted by Crippen LogP contribution is 2.12. The maximum atomic E-state index is 11.7. The van der Waals surface area contributed by atoms with Gasteiger partial charge in [0.25, 0.3) is 11.8 Å². The van der Waals surface area contributed by atoms with Crippen molar-refractivity contribution in [2.24, 2.45) is 4.99 Å². The second kappa shape index (κ2) is 7.20. The number of hydroxylamine groups is 2. The van der Waals surface area contributed by atoms with E-state index in [1.807, 2.05) is 0 Å². The minimum absolute atomic E-state index is 0.0321. The normalized spacial score (nSPS) is 15.5. The number of carbonyl (C=O) groups excluding carboxylic acids is 3. The smallest absolute Gasteiger partial charge is 0.328 e. The van der Waals surface area contributed by atoms with Gasteiger partial charge in [0.05, 0.1) is 0 Å². The summed E-state index contributed by atoms with van der Waals surface area (Å²) in [6.07, 6.45) is 4.75. The zero-order chi connectivity index (χ0) is 16.8. The molecule has 0 radical (unpaired) electrons. The average molecular weight is 318 g/mol. The largest absolute Gasteiger partial charge is 0.356 e. The Morgan fingerprint density at radius 2 is 2.09 bits per heavy atom. The van der Waals surface area contributed by atoms with Crippen LogP contribution in [0.4, 0.5) is 0 Å². The van der Waals surface area contributed by atoms with Gasteiger partial charge in [-0.2, -0.15) is 4.80 Å². The molecule has 0 aliphatic carbocycles. The van der Waals surface area contributed by atoms with Gasteiger partial charge in [0.1, 0.15) is 0 Å². The van der Waals surface area contributed by atoms with Gasteiger partial charge in [-0.3, -0.25) is 14.6 Å². The minimum atomic E-state index is -0.850. The molecule has 1 aliphatic heterocycles. The average Bonchev–Trinajstić information content (AvgIpc) is 3.10. The molecule has 0 unspecified atom stereocenters. The van der Waals surface area contributed by atoms with Crippen molar-refractivity contribution in [3.8, 4) is 0 Å².